The lowest BCUT2D eigenvalue weighted by Gasteiger charge is -2.13. The molecule has 0 bridgehead atoms. The summed E-state index contributed by atoms with van der Waals surface area (Å²) in [6, 6.07) is 4.77. The van der Waals surface area contributed by atoms with Gasteiger partial charge in [-0.1, -0.05) is 0 Å². The van der Waals surface area contributed by atoms with Gasteiger partial charge in [0.2, 0.25) is 5.91 Å². The van der Waals surface area contributed by atoms with E-state index in [2.05, 4.69) is 16.0 Å². The molecule has 0 saturated carbocycles. The van der Waals surface area contributed by atoms with Crippen molar-refractivity contribution in [2.24, 2.45) is 5.92 Å². The van der Waals surface area contributed by atoms with Crippen LogP contribution in [0.2, 0.25) is 0 Å². The number of hydrogen-bond acceptors (Lipinski definition) is 4. The third-order valence-electron chi connectivity index (χ3n) is 4.74. The molecule has 0 radical (unpaired) electrons. The van der Waals surface area contributed by atoms with Crippen molar-refractivity contribution in [1.29, 1.82) is 0 Å². The second kappa shape index (κ2) is 8.44. The number of halogens is 1. The zero-order valence-corrected chi connectivity index (χ0v) is 13.9. The number of rotatable bonds is 7. The molecule has 0 aliphatic carbocycles. The van der Waals surface area contributed by atoms with Crippen molar-refractivity contribution in [3.8, 4) is 0 Å². The molecule has 6 heteroatoms. The molecule has 1 aromatic rings. The summed E-state index contributed by atoms with van der Waals surface area (Å²) < 4.78 is 19.7. The Labute approximate surface area is 142 Å². The first-order valence-corrected chi connectivity index (χ1v) is 8.86. The van der Waals surface area contributed by atoms with E-state index in [-0.39, 0.29) is 17.8 Å². The molecule has 5 nitrogen and oxygen atoms in total. The number of benzene rings is 1. The number of amides is 1. The summed E-state index contributed by atoms with van der Waals surface area (Å²) >= 11 is 0. The third-order valence-corrected chi connectivity index (χ3v) is 4.74. The summed E-state index contributed by atoms with van der Waals surface area (Å²) in [5.74, 6) is 0.170. The van der Waals surface area contributed by atoms with E-state index in [1.807, 2.05) is 0 Å². The highest BCUT2D eigenvalue weighted by Crippen LogP contribution is 2.21. The van der Waals surface area contributed by atoms with Gasteiger partial charge < -0.3 is 20.7 Å². The van der Waals surface area contributed by atoms with Gasteiger partial charge >= 0.3 is 0 Å². The second-order valence-electron chi connectivity index (χ2n) is 6.66. The first-order chi connectivity index (χ1) is 11.7. The molecule has 3 N–H and O–H groups in total. The van der Waals surface area contributed by atoms with Crippen LogP contribution in [0.5, 0.6) is 0 Å². The van der Waals surface area contributed by atoms with E-state index in [0.29, 0.717) is 30.3 Å². The van der Waals surface area contributed by atoms with Crippen molar-refractivity contribution in [2.75, 3.05) is 36.9 Å². The number of ether oxygens (including phenoxy) is 1. The Kier molecular flexibility index (Phi) is 6.04. The highest BCUT2D eigenvalue weighted by atomic mass is 19.1. The van der Waals surface area contributed by atoms with E-state index in [4.69, 9.17) is 4.74 Å². The van der Waals surface area contributed by atoms with Gasteiger partial charge in [-0.25, -0.2) is 4.39 Å². The Balaban J connectivity index is 1.45. The predicted octanol–water partition coefficient (Wildman–Crippen LogP) is 2.74. The zero-order valence-electron chi connectivity index (χ0n) is 13.9. The van der Waals surface area contributed by atoms with Crippen molar-refractivity contribution in [3.63, 3.8) is 0 Å². The van der Waals surface area contributed by atoms with Gasteiger partial charge in [-0.15, -0.1) is 0 Å². The minimum atomic E-state index is -0.356. The summed E-state index contributed by atoms with van der Waals surface area (Å²) in [4.78, 5) is 12.0. The largest absolute Gasteiger partial charge is 0.380 e. The molecule has 2 heterocycles. The quantitative estimate of drug-likeness (QED) is 0.717. The highest BCUT2D eigenvalue weighted by Gasteiger charge is 2.17. The molecule has 0 spiro atoms. The first kappa shape index (κ1) is 17.2. The van der Waals surface area contributed by atoms with E-state index < -0.39 is 0 Å². The maximum absolute atomic E-state index is 14.1. The summed E-state index contributed by atoms with van der Waals surface area (Å²) in [5.41, 5.74) is 0.949. The second-order valence-corrected chi connectivity index (χ2v) is 6.66. The lowest BCUT2D eigenvalue weighted by Crippen LogP contribution is -2.19. The molecule has 2 atom stereocenters. The van der Waals surface area contributed by atoms with E-state index in [9.17, 15) is 9.18 Å². The number of anilines is 2. The van der Waals surface area contributed by atoms with Crippen molar-refractivity contribution in [3.05, 3.63) is 24.0 Å². The van der Waals surface area contributed by atoms with Crippen LogP contribution in [-0.2, 0) is 9.53 Å². The summed E-state index contributed by atoms with van der Waals surface area (Å²) in [6.45, 7) is 3.43. The summed E-state index contributed by atoms with van der Waals surface area (Å²) in [7, 11) is 0. The summed E-state index contributed by atoms with van der Waals surface area (Å²) in [6.07, 6.45) is 4.73. The van der Waals surface area contributed by atoms with Crippen molar-refractivity contribution >= 4 is 17.3 Å². The van der Waals surface area contributed by atoms with Crippen LogP contribution in [0.3, 0.4) is 0 Å². The highest BCUT2D eigenvalue weighted by molar-refractivity contribution is 5.90. The molecule has 2 saturated heterocycles. The Morgan fingerprint density at radius 2 is 2.29 bits per heavy atom. The smallest absolute Gasteiger partial charge is 0.224 e. The number of carbonyl (C=O) groups is 1. The average molecular weight is 335 g/mol. The average Bonchev–Trinajstić information content (AvgIpc) is 3.26. The van der Waals surface area contributed by atoms with E-state index in [1.165, 1.54) is 6.07 Å². The minimum Gasteiger partial charge on any atom is -0.380 e. The van der Waals surface area contributed by atoms with Crippen LogP contribution in [0.1, 0.15) is 32.1 Å². The molecule has 0 aromatic heterocycles. The van der Waals surface area contributed by atoms with Crippen LogP contribution in [-0.4, -0.2) is 38.3 Å². The molecular formula is C18H26FN3O2. The van der Waals surface area contributed by atoms with Gasteiger partial charge in [-0.3, -0.25) is 4.79 Å². The molecule has 1 amide bonds. The summed E-state index contributed by atoms with van der Waals surface area (Å²) in [5, 5.41) is 9.15. The van der Waals surface area contributed by atoms with Crippen LogP contribution >= 0.6 is 0 Å². The van der Waals surface area contributed by atoms with Gasteiger partial charge in [0.15, 0.2) is 0 Å². The maximum Gasteiger partial charge on any atom is 0.224 e. The van der Waals surface area contributed by atoms with Crippen LogP contribution in [0.15, 0.2) is 18.2 Å². The molecular weight excluding hydrogens is 309 g/mol. The van der Waals surface area contributed by atoms with Crippen molar-refractivity contribution in [1.82, 2.24) is 5.32 Å². The Morgan fingerprint density at radius 3 is 3.00 bits per heavy atom. The molecule has 2 unspecified atom stereocenters. The predicted molar refractivity (Wildman–Crippen MR) is 92.7 cm³/mol. The van der Waals surface area contributed by atoms with Gasteiger partial charge in [-0.05, 0) is 62.9 Å². The van der Waals surface area contributed by atoms with Crippen molar-refractivity contribution in [2.45, 2.75) is 38.2 Å². The lowest BCUT2D eigenvalue weighted by atomic mass is 10.0. The normalized spacial score (nSPS) is 23.4. The molecule has 3 rings (SSSR count). The first-order valence-electron chi connectivity index (χ1n) is 8.86. The zero-order chi connectivity index (χ0) is 16.8. The number of hydrogen-bond donors (Lipinski definition) is 3. The van der Waals surface area contributed by atoms with E-state index in [1.54, 1.807) is 12.1 Å². The van der Waals surface area contributed by atoms with Gasteiger partial charge in [0, 0.05) is 25.3 Å². The fraction of sp³-hybridized carbons (Fsp3) is 0.611. The molecule has 2 fully saturated rings. The van der Waals surface area contributed by atoms with Gasteiger partial charge in [0.25, 0.3) is 0 Å². The van der Waals surface area contributed by atoms with Gasteiger partial charge in [0.05, 0.1) is 11.8 Å². The monoisotopic (exact) mass is 335 g/mol. The lowest BCUT2D eigenvalue weighted by molar-refractivity contribution is -0.116. The fourth-order valence-electron chi connectivity index (χ4n) is 3.28. The number of nitrogens with one attached hydrogen (secondary N) is 3. The minimum absolute atomic E-state index is 0.0543. The fourth-order valence-corrected chi connectivity index (χ4v) is 3.28. The Bertz CT molecular complexity index is 555. The van der Waals surface area contributed by atoms with Crippen LogP contribution in [0.4, 0.5) is 15.8 Å². The Morgan fingerprint density at radius 1 is 1.38 bits per heavy atom. The Hall–Kier alpha value is -1.66. The van der Waals surface area contributed by atoms with Crippen LogP contribution < -0.4 is 16.0 Å². The third kappa shape index (κ3) is 4.92. The van der Waals surface area contributed by atoms with Gasteiger partial charge in [0.1, 0.15) is 5.82 Å². The topological polar surface area (TPSA) is 62.4 Å². The standard InChI is InChI=1S/C18H26FN3O2/c19-16-10-14(22-18(23)6-3-13-7-8-20-11-13)4-5-17(16)21-12-15-2-1-9-24-15/h4-5,10,13,15,20-21H,1-3,6-9,11-12H2,(H,22,23). The van der Waals surface area contributed by atoms with Crippen LogP contribution in [0, 0.1) is 11.7 Å². The molecule has 132 valence electrons. The molecule has 2 aliphatic rings. The maximum atomic E-state index is 14.1. The van der Waals surface area contributed by atoms with Crippen molar-refractivity contribution < 1.29 is 13.9 Å². The molecule has 2 aliphatic heterocycles. The van der Waals surface area contributed by atoms with E-state index in [0.717, 1.165) is 45.4 Å². The van der Waals surface area contributed by atoms with Gasteiger partial charge in [-0.2, -0.15) is 0 Å². The van der Waals surface area contributed by atoms with E-state index >= 15 is 0 Å². The molecule has 1 aromatic carbocycles. The number of carbonyl (C=O) groups excluding carboxylic acids is 1. The van der Waals surface area contributed by atoms with Crippen LogP contribution in [0.25, 0.3) is 0 Å². The molecule has 24 heavy (non-hydrogen) atoms. The SMILES string of the molecule is O=C(CCC1CCNC1)Nc1ccc(NCC2CCCO2)c(F)c1.